The van der Waals surface area contributed by atoms with Crippen LogP contribution in [-0.2, 0) is 23.9 Å². The molecule has 4 N–H and O–H groups in total. The molecule has 2 aliphatic heterocycles. The summed E-state index contributed by atoms with van der Waals surface area (Å²) in [4.78, 5) is 12.5. The Balaban J connectivity index is 1.20. The molecule has 2 atom stereocenters. The van der Waals surface area contributed by atoms with Crippen molar-refractivity contribution in [3.05, 3.63) is 41.3 Å². The molecule has 6 rings (SSSR count). The largest absolute Gasteiger partial charge is 0.492 e. The van der Waals surface area contributed by atoms with E-state index in [2.05, 4.69) is 36.3 Å². The second-order valence-corrected chi connectivity index (χ2v) is 9.83. The van der Waals surface area contributed by atoms with Gasteiger partial charge in [0.2, 0.25) is 11.7 Å². The first-order chi connectivity index (χ1) is 18.3. The average molecular weight is 532 g/mol. The van der Waals surface area contributed by atoms with Gasteiger partial charge in [-0.25, -0.2) is 9.67 Å². The van der Waals surface area contributed by atoms with Crippen LogP contribution in [0.3, 0.4) is 0 Å². The number of H-pyrrole nitrogens is 1. The SMILES string of the molecule is Oc1nc(C(F)(F)F)nc2c(NC[C@H](O)CN3CCc4c([nH]c5ccccc45)C3)nn(C3CCCCO3)c12. The molecule has 0 radical (unpaired) electrons. The Morgan fingerprint density at radius 2 is 2.05 bits per heavy atom. The molecular weight excluding hydrogens is 503 g/mol. The summed E-state index contributed by atoms with van der Waals surface area (Å²) in [6.07, 6.45) is -3.08. The number of halogens is 3. The number of nitrogens with zero attached hydrogens (tertiary/aromatic N) is 5. The Morgan fingerprint density at radius 1 is 1.21 bits per heavy atom. The molecule has 0 spiro atoms. The molecule has 3 aromatic heterocycles. The number of hydrogen-bond donors (Lipinski definition) is 4. The summed E-state index contributed by atoms with van der Waals surface area (Å²) in [7, 11) is 0. The van der Waals surface area contributed by atoms with Crippen LogP contribution < -0.4 is 5.32 Å². The van der Waals surface area contributed by atoms with E-state index in [4.69, 9.17) is 4.74 Å². The van der Waals surface area contributed by atoms with Crippen LogP contribution in [0, 0.1) is 0 Å². The van der Waals surface area contributed by atoms with Gasteiger partial charge < -0.3 is 25.3 Å². The van der Waals surface area contributed by atoms with Crippen molar-refractivity contribution < 1.29 is 28.1 Å². The quantitative estimate of drug-likeness (QED) is 0.298. The Labute approximate surface area is 215 Å². The van der Waals surface area contributed by atoms with Gasteiger partial charge in [-0.15, -0.1) is 5.10 Å². The van der Waals surface area contributed by atoms with E-state index >= 15 is 0 Å². The van der Waals surface area contributed by atoms with Crippen molar-refractivity contribution in [2.24, 2.45) is 0 Å². The summed E-state index contributed by atoms with van der Waals surface area (Å²) in [6, 6.07) is 8.16. The summed E-state index contributed by atoms with van der Waals surface area (Å²) in [6.45, 7) is 2.30. The number of fused-ring (bicyclic) bond motifs is 4. The Kier molecular flexibility index (Phi) is 6.36. The van der Waals surface area contributed by atoms with Crippen molar-refractivity contribution in [1.29, 1.82) is 0 Å². The fourth-order valence-corrected chi connectivity index (χ4v) is 5.38. The first-order valence-corrected chi connectivity index (χ1v) is 12.7. The van der Waals surface area contributed by atoms with Crippen LogP contribution in [0.1, 0.15) is 42.6 Å². The highest BCUT2D eigenvalue weighted by Gasteiger charge is 2.37. The second kappa shape index (κ2) is 9.71. The van der Waals surface area contributed by atoms with Gasteiger partial charge in [-0.05, 0) is 37.3 Å². The van der Waals surface area contributed by atoms with Crippen LogP contribution >= 0.6 is 0 Å². The Bertz CT molecular complexity index is 1460. The van der Waals surface area contributed by atoms with E-state index in [1.165, 1.54) is 15.6 Å². The third-order valence-electron chi connectivity index (χ3n) is 7.14. The zero-order valence-electron chi connectivity index (χ0n) is 20.5. The number of benzene rings is 1. The molecule has 202 valence electrons. The highest BCUT2D eigenvalue weighted by atomic mass is 19.4. The molecule has 0 amide bonds. The van der Waals surface area contributed by atoms with Crippen LogP contribution in [0.25, 0.3) is 21.9 Å². The molecule has 0 saturated carbocycles. The van der Waals surface area contributed by atoms with E-state index in [0.29, 0.717) is 26.1 Å². The summed E-state index contributed by atoms with van der Waals surface area (Å²) < 4.78 is 47.2. The van der Waals surface area contributed by atoms with Gasteiger partial charge >= 0.3 is 6.18 Å². The molecule has 38 heavy (non-hydrogen) atoms. The Hall–Kier alpha value is -3.42. The lowest BCUT2D eigenvalue weighted by Crippen LogP contribution is -2.39. The number of nitrogens with one attached hydrogen (secondary N) is 2. The minimum Gasteiger partial charge on any atom is -0.492 e. The average Bonchev–Trinajstić information content (AvgIpc) is 3.46. The molecule has 1 aromatic carbocycles. The predicted octanol–water partition coefficient (Wildman–Crippen LogP) is 3.56. The minimum atomic E-state index is -4.85. The molecule has 1 fully saturated rings. The van der Waals surface area contributed by atoms with E-state index in [-0.39, 0.29) is 23.4 Å². The van der Waals surface area contributed by atoms with Gasteiger partial charge in [0, 0.05) is 49.4 Å². The number of aliphatic hydroxyl groups excluding tert-OH is 1. The number of ether oxygens (including phenoxy) is 1. The number of anilines is 1. The van der Waals surface area contributed by atoms with Crippen LogP contribution in [0.15, 0.2) is 24.3 Å². The van der Waals surface area contributed by atoms with Gasteiger partial charge in [0.05, 0.1) is 6.10 Å². The lowest BCUT2D eigenvalue weighted by molar-refractivity contribution is -0.145. The van der Waals surface area contributed by atoms with Crippen LogP contribution in [0.5, 0.6) is 5.88 Å². The van der Waals surface area contributed by atoms with Gasteiger partial charge in [0.1, 0.15) is 5.52 Å². The van der Waals surface area contributed by atoms with E-state index in [0.717, 1.165) is 37.0 Å². The third-order valence-corrected chi connectivity index (χ3v) is 7.14. The van der Waals surface area contributed by atoms with Crippen molar-refractivity contribution in [3.8, 4) is 5.88 Å². The molecule has 13 heteroatoms. The van der Waals surface area contributed by atoms with Crippen LogP contribution in [-0.4, -0.2) is 72.2 Å². The van der Waals surface area contributed by atoms with Crippen molar-refractivity contribution in [2.75, 3.05) is 31.6 Å². The molecule has 5 heterocycles. The number of aromatic hydroxyl groups is 1. The maximum absolute atomic E-state index is 13.4. The minimum absolute atomic E-state index is 0.0213. The zero-order valence-corrected chi connectivity index (χ0v) is 20.5. The van der Waals surface area contributed by atoms with E-state index in [1.54, 1.807) is 0 Å². The maximum atomic E-state index is 13.4. The van der Waals surface area contributed by atoms with Gasteiger partial charge in [-0.1, -0.05) is 18.2 Å². The summed E-state index contributed by atoms with van der Waals surface area (Å²) in [5, 5.41) is 29.7. The van der Waals surface area contributed by atoms with E-state index in [1.807, 2.05) is 18.2 Å². The number of aromatic nitrogens is 5. The second-order valence-electron chi connectivity index (χ2n) is 9.83. The normalized spacial score (nSPS) is 19.6. The van der Waals surface area contributed by atoms with E-state index in [9.17, 15) is 23.4 Å². The number of β-amino-alcohol motifs (C(OH)–C–C–N with tert-alkyl or cyclic N) is 1. The van der Waals surface area contributed by atoms with Crippen molar-refractivity contribution in [3.63, 3.8) is 0 Å². The summed E-state index contributed by atoms with van der Waals surface area (Å²) in [5.74, 6) is -2.26. The lowest BCUT2D eigenvalue weighted by Gasteiger charge is -2.29. The molecule has 1 unspecified atom stereocenters. The molecule has 0 bridgehead atoms. The van der Waals surface area contributed by atoms with Crippen LogP contribution in [0.2, 0.25) is 0 Å². The number of rotatable bonds is 6. The van der Waals surface area contributed by atoms with E-state index < -0.39 is 30.2 Å². The van der Waals surface area contributed by atoms with Gasteiger partial charge in [-0.3, -0.25) is 4.90 Å². The molecule has 1 saturated heterocycles. The highest BCUT2D eigenvalue weighted by molar-refractivity contribution is 5.89. The molecule has 2 aliphatic rings. The number of para-hydroxylation sites is 1. The smallest absolute Gasteiger partial charge is 0.451 e. The maximum Gasteiger partial charge on any atom is 0.451 e. The molecular formula is C25H28F3N7O3. The topological polar surface area (TPSA) is 124 Å². The van der Waals surface area contributed by atoms with Gasteiger partial charge in [0.25, 0.3) is 0 Å². The number of aromatic amines is 1. The van der Waals surface area contributed by atoms with Crippen molar-refractivity contribution in [2.45, 2.75) is 50.7 Å². The van der Waals surface area contributed by atoms with Crippen molar-refractivity contribution >= 4 is 27.8 Å². The standard InChI is InChI=1S/C25H28F3N7O3/c26-25(27,28)24-31-20-21(23(37)32-24)35(19-7-3-4-10-38-19)33-22(20)29-11-14(36)12-34-9-8-16-15-5-1-2-6-17(15)30-18(16)13-34/h1-2,5-6,14,19,30,36H,3-4,7-13H2,(H,29,33)(H,31,32,37)/t14-,19?/m0/s1. The number of aliphatic hydroxyl groups is 1. The highest BCUT2D eigenvalue weighted by Crippen LogP contribution is 2.36. The summed E-state index contributed by atoms with van der Waals surface area (Å²) >= 11 is 0. The van der Waals surface area contributed by atoms with Gasteiger partial charge in [-0.2, -0.15) is 18.2 Å². The molecule has 4 aromatic rings. The fourth-order valence-electron chi connectivity index (χ4n) is 5.38. The first-order valence-electron chi connectivity index (χ1n) is 12.7. The molecule has 0 aliphatic carbocycles. The third kappa shape index (κ3) is 4.65. The first kappa shape index (κ1) is 24.9. The lowest BCUT2D eigenvalue weighted by atomic mass is 10.0. The monoisotopic (exact) mass is 531 g/mol. The fraction of sp³-hybridized carbons (Fsp3) is 0.480. The molecule has 10 nitrogen and oxygen atoms in total. The Morgan fingerprint density at radius 3 is 2.84 bits per heavy atom. The van der Waals surface area contributed by atoms with Crippen molar-refractivity contribution in [1.82, 2.24) is 29.6 Å². The summed E-state index contributed by atoms with van der Waals surface area (Å²) in [5.41, 5.74) is 3.30. The van der Waals surface area contributed by atoms with Gasteiger partial charge in [0.15, 0.2) is 17.6 Å². The van der Waals surface area contributed by atoms with Crippen LogP contribution in [0.4, 0.5) is 19.0 Å². The number of alkyl halides is 3. The number of hydrogen-bond acceptors (Lipinski definition) is 8. The predicted molar refractivity (Wildman–Crippen MR) is 133 cm³/mol. The zero-order chi connectivity index (χ0) is 26.4.